The van der Waals surface area contributed by atoms with Gasteiger partial charge >= 0.3 is 7.91 Å². The summed E-state index contributed by atoms with van der Waals surface area (Å²) >= 11 is 0. The molecule has 0 saturated carbocycles. The summed E-state index contributed by atoms with van der Waals surface area (Å²) in [5.74, 6) is -0.833. The summed E-state index contributed by atoms with van der Waals surface area (Å²) in [6, 6.07) is 0. The summed E-state index contributed by atoms with van der Waals surface area (Å²) in [5, 5.41) is 7.42. The first-order valence-corrected chi connectivity index (χ1v) is 3.18. The fourth-order valence-electron chi connectivity index (χ4n) is 0. The van der Waals surface area contributed by atoms with E-state index in [1.165, 1.54) is 0 Å². The predicted molar refractivity (Wildman–Crippen MR) is 26.5 cm³/mol. The molecule has 0 aliphatic rings. The lowest BCUT2D eigenvalue weighted by atomic mass is 10.9. The first-order valence-electron chi connectivity index (χ1n) is 1.68. The number of hydrogen-bond acceptors (Lipinski definition) is 2. The molecule has 0 unspecified atom stereocenters. The predicted octanol–water partition coefficient (Wildman–Crippen LogP) is 0.139. The average molecular weight is 160 g/mol. The number of halogens is 1. The fourth-order valence-corrected chi connectivity index (χ4v) is 0. The number of aliphatic carboxylic acids is 1. The van der Waals surface area contributed by atoms with Crippen molar-refractivity contribution >= 4 is 13.9 Å². The number of hydrogen-bond donors (Lipinski definition) is 3. The van der Waals surface area contributed by atoms with Crippen molar-refractivity contribution in [1.29, 1.82) is 0 Å². The molecule has 0 saturated heterocycles. The van der Waals surface area contributed by atoms with Gasteiger partial charge in [-0.3, -0.25) is 14.6 Å². The lowest BCUT2D eigenvalue weighted by Gasteiger charge is -1.77. The molecule has 0 aromatic rings. The second kappa shape index (κ2) is 4.43. The van der Waals surface area contributed by atoms with E-state index < -0.39 is 13.9 Å². The molecule has 0 aliphatic carbocycles. The molecule has 0 radical (unpaired) electrons. The molecule has 0 aliphatic heterocycles. The Kier molecular flexibility index (Phi) is 5.59. The molecule has 0 fully saturated rings. The molecule has 0 atom stereocenters. The van der Waals surface area contributed by atoms with Crippen LogP contribution in [0.1, 0.15) is 6.92 Å². The van der Waals surface area contributed by atoms with E-state index in [1.807, 2.05) is 0 Å². The Morgan fingerprint density at radius 1 is 1.56 bits per heavy atom. The molecule has 0 aromatic heterocycles. The third-order valence-corrected chi connectivity index (χ3v) is 0. The number of rotatable bonds is 0. The van der Waals surface area contributed by atoms with Gasteiger partial charge in [0.1, 0.15) is 0 Å². The zero-order valence-corrected chi connectivity index (χ0v) is 5.38. The van der Waals surface area contributed by atoms with Gasteiger partial charge in [-0.1, -0.05) is 0 Å². The van der Waals surface area contributed by atoms with E-state index in [4.69, 9.17) is 24.3 Å². The van der Waals surface area contributed by atoms with Crippen LogP contribution in [0, 0.1) is 0 Å². The Bertz CT molecular complexity index is 115. The largest absolute Gasteiger partial charge is 0.507 e. The van der Waals surface area contributed by atoms with Crippen LogP contribution < -0.4 is 0 Å². The summed E-state index contributed by atoms with van der Waals surface area (Å²) in [7, 11) is -5.14. The second-order valence-corrected chi connectivity index (χ2v) is 1.94. The van der Waals surface area contributed by atoms with Gasteiger partial charge < -0.3 is 5.11 Å². The van der Waals surface area contributed by atoms with Gasteiger partial charge in [0.05, 0.1) is 0 Å². The third kappa shape index (κ3) is 1150. The number of carboxylic acid groups (broad SMARTS) is 1. The Balaban J connectivity index is 0. The topological polar surface area (TPSA) is 94.8 Å². The lowest BCUT2D eigenvalue weighted by molar-refractivity contribution is -0.134. The van der Waals surface area contributed by atoms with Crippen molar-refractivity contribution in [3.63, 3.8) is 0 Å². The summed E-state index contributed by atoms with van der Waals surface area (Å²) in [5.41, 5.74) is 0. The molecule has 56 valence electrons. The van der Waals surface area contributed by atoms with Crippen molar-refractivity contribution in [2.24, 2.45) is 0 Å². The van der Waals surface area contributed by atoms with Crippen molar-refractivity contribution in [2.45, 2.75) is 6.92 Å². The van der Waals surface area contributed by atoms with Crippen LogP contribution in [0.2, 0.25) is 0 Å². The van der Waals surface area contributed by atoms with Crippen LogP contribution in [0.5, 0.6) is 0 Å². The Labute approximate surface area is 50.4 Å². The SMILES string of the molecule is CC(=O)O.O=P(O)(O)F. The minimum atomic E-state index is -5.14. The zero-order chi connectivity index (χ0) is 8.08. The molecule has 0 heterocycles. The monoisotopic (exact) mass is 160 g/mol. The van der Waals surface area contributed by atoms with Gasteiger partial charge in [0.25, 0.3) is 5.97 Å². The Morgan fingerprint density at radius 2 is 1.56 bits per heavy atom. The molecule has 0 spiro atoms. The van der Waals surface area contributed by atoms with Crippen LogP contribution in [-0.4, -0.2) is 20.9 Å². The summed E-state index contributed by atoms with van der Waals surface area (Å²) in [6.07, 6.45) is 0. The quantitative estimate of drug-likeness (QED) is 0.438. The zero-order valence-electron chi connectivity index (χ0n) is 4.48. The first kappa shape index (κ1) is 11.4. The molecule has 7 heteroatoms. The maximum absolute atomic E-state index is 10.4. The second-order valence-electron chi connectivity index (χ2n) is 0.992. The van der Waals surface area contributed by atoms with Gasteiger partial charge in [0.2, 0.25) is 0 Å². The smallest absolute Gasteiger partial charge is 0.481 e. The maximum atomic E-state index is 10.4. The highest BCUT2D eigenvalue weighted by Crippen LogP contribution is 2.34. The Hall–Kier alpha value is -0.450. The highest BCUT2D eigenvalue weighted by Gasteiger charge is 2.04. The number of carboxylic acids is 1. The van der Waals surface area contributed by atoms with Gasteiger partial charge in [-0.15, -0.1) is 4.20 Å². The third-order valence-electron chi connectivity index (χ3n) is 0. The molecular weight excluding hydrogens is 154 g/mol. The molecular formula is C2H6FO5P. The van der Waals surface area contributed by atoms with Crippen LogP contribution in [-0.2, 0) is 9.36 Å². The van der Waals surface area contributed by atoms with E-state index in [0.717, 1.165) is 6.92 Å². The minimum absolute atomic E-state index is 0.833. The molecule has 0 rings (SSSR count). The van der Waals surface area contributed by atoms with Gasteiger partial charge in [-0.2, -0.15) is 0 Å². The Morgan fingerprint density at radius 3 is 1.56 bits per heavy atom. The van der Waals surface area contributed by atoms with E-state index in [2.05, 4.69) is 0 Å². The van der Waals surface area contributed by atoms with Gasteiger partial charge in [-0.05, 0) is 0 Å². The normalized spacial score (nSPS) is 9.33. The summed E-state index contributed by atoms with van der Waals surface area (Å²) < 4.78 is 19.0. The van der Waals surface area contributed by atoms with Crippen molar-refractivity contribution < 1.29 is 28.4 Å². The van der Waals surface area contributed by atoms with Crippen LogP contribution >= 0.6 is 7.91 Å². The molecule has 3 N–H and O–H groups in total. The van der Waals surface area contributed by atoms with Crippen molar-refractivity contribution in [3.8, 4) is 0 Å². The number of carbonyl (C=O) groups is 1. The fraction of sp³-hybridized carbons (Fsp3) is 0.500. The van der Waals surface area contributed by atoms with E-state index in [9.17, 15) is 4.20 Å². The van der Waals surface area contributed by atoms with Crippen LogP contribution in [0.25, 0.3) is 0 Å². The molecule has 5 nitrogen and oxygen atoms in total. The first-order chi connectivity index (χ1) is 3.73. The van der Waals surface area contributed by atoms with Gasteiger partial charge in [0, 0.05) is 6.92 Å². The van der Waals surface area contributed by atoms with E-state index in [1.54, 1.807) is 0 Å². The summed E-state index contributed by atoms with van der Waals surface area (Å²) in [4.78, 5) is 22.9. The van der Waals surface area contributed by atoms with E-state index in [0.29, 0.717) is 0 Å². The van der Waals surface area contributed by atoms with Crippen molar-refractivity contribution in [3.05, 3.63) is 0 Å². The van der Waals surface area contributed by atoms with Gasteiger partial charge in [-0.25, -0.2) is 4.57 Å². The average Bonchev–Trinajstić information content (AvgIpc) is 1.19. The standard InChI is InChI=1S/C2H4O2.FH2O3P/c1-2(3)4;1-5(2,3)4/h1H3,(H,3,4);(H2,2,3,4). The molecule has 0 amide bonds. The molecule has 9 heavy (non-hydrogen) atoms. The van der Waals surface area contributed by atoms with Gasteiger partial charge in [0.15, 0.2) is 0 Å². The van der Waals surface area contributed by atoms with Crippen molar-refractivity contribution in [1.82, 2.24) is 0 Å². The van der Waals surface area contributed by atoms with Crippen LogP contribution in [0.3, 0.4) is 0 Å². The molecule has 0 aromatic carbocycles. The highest BCUT2D eigenvalue weighted by molar-refractivity contribution is 7.45. The maximum Gasteiger partial charge on any atom is 0.507 e. The van der Waals surface area contributed by atoms with Crippen LogP contribution in [0.4, 0.5) is 4.20 Å². The van der Waals surface area contributed by atoms with Crippen LogP contribution in [0.15, 0.2) is 0 Å². The molecule has 0 bridgehead atoms. The van der Waals surface area contributed by atoms with E-state index >= 15 is 0 Å². The van der Waals surface area contributed by atoms with E-state index in [-0.39, 0.29) is 0 Å². The minimum Gasteiger partial charge on any atom is -0.481 e. The lowest BCUT2D eigenvalue weighted by Crippen LogP contribution is -1.78. The highest BCUT2D eigenvalue weighted by atomic mass is 31.2. The summed E-state index contributed by atoms with van der Waals surface area (Å²) in [6.45, 7) is 1.08. The van der Waals surface area contributed by atoms with Crippen molar-refractivity contribution in [2.75, 3.05) is 0 Å².